The van der Waals surface area contributed by atoms with Gasteiger partial charge in [0.1, 0.15) is 0 Å². The Hall–Kier alpha value is -6.79. The minimum absolute atomic E-state index is 0.481. The van der Waals surface area contributed by atoms with E-state index in [0.29, 0.717) is 23.1 Å². The predicted molar refractivity (Wildman–Crippen MR) is 217 cm³/mol. The number of aromatic nitrogens is 1. The van der Waals surface area contributed by atoms with Crippen LogP contribution in [0.2, 0.25) is 0 Å². The molecule has 0 unspecified atom stereocenters. The number of para-hydroxylation sites is 1. The fourth-order valence-corrected chi connectivity index (χ4v) is 6.91. The second kappa shape index (κ2) is 14.7. The van der Waals surface area contributed by atoms with Gasteiger partial charge in [0.15, 0.2) is 0 Å². The van der Waals surface area contributed by atoms with Gasteiger partial charge in [-0.3, -0.25) is 9.98 Å². The van der Waals surface area contributed by atoms with Crippen LogP contribution in [0.3, 0.4) is 0 Å². The van der Waals surface area contributed by atoms with Crippen molar-refractivity contribution in [3.05, 3.63) is 204 Å². The van der Waals surface area contributed by atoms with Gasteiger partial charge < -0.3 is 4.57 Å². The molecule has 0 saturated carbocycles. The lowest BCUT2D eigenvalue weighted by molar-refractivity contribution is -0.137. The second-order valence-corrected chi connectivity index (χ2v) is 13.0. The number of benzene rings is 7. The monoisotopic (exact) mass is 709 g/mol. The summed E-state index contributed by atoms with van der Waals surface area (Å²) in [5.41, 5.74) is 10.2. The van der Waals surface area contributed by atoms with Gasteiger partial charge in [0.25, 0.3) is 0 Å². The van der Waals surface area contributed by atoms with E-state index in [1.54, 1.807) is 6.07 Å². The number of nitrogens with zero attached hydrogens (tertiary/aromatic N) is 3. The van der Waals surface area contributed by atoms with Crippen molar-refractivity contribution in [3.8, 4) is 27.9 Å². The van der Waals surface area contributed by atoms with E-state index in [0.717, 1.165) is 67.3 Å². The average Bonchev–Trinajstić information content (AvgIpc) is 3.55. The van der Waals surface area contributed by atoms with Gasteiger partial charge in [0.05, 0.1) is 34.6 Å². The van der Waals surface area contributed by atoms with Crippen LogP contribution in [0.1, 0.15) is 22.3 Å². The third kappa shape index (κ3) is 7.02. The number of rotatable bonds is 9. The topological polar surface area (TPSA) is 29.6 Å². The summed E-state index contributed by atoms with van der Waals surface area (Å²) < 4.78 is 43.2. The quantitative estimate of drug-likeness (QED) is 0.134. The molecule has 262 valence electrons. The summed E-state index contributed by atoms with van der Waals surface area (Å²) in [6, 6.07) is 56.5. The van der Waals surface area contributed by atoms with Gasteiger partial charge in [0.2, 0.25) is 0 Å². The summed E-state index contributed by atoms with van der Waals surface area (Å²) in [6.07, 6.45) is -2.44. The summed E-state index contributed by atoms with van der Waals surface area (Å²) in [4.78, 5) is 9.56. The second-order valence-electron chi connectivity index (χ2n) is 13.0. The molecule has 0 aliphatic rings. The Morgan fingerprint density at radius 1 is 0.556 bits per heavy atom. The van der Waals surface area contributed by atoms with E-state index in [1.165, 1.54) is 6.07 Å². The molecular weight excluding hydrogens is 676 g/mol. The highest BCUT2D eigenvalue weighted by Crippen LogP contribution is 2.38. The zero-order valence-corrected chi connectivity index (χ0v) is 29.2. The minimum atomic E-state index is -4.43. The van der Waals surface area contributed by atoms with Gasteiger partial charge in [0, 0.05) is 27.6 Å². The first-order chi connectivity index (χ1) is 26.4. The molecular formula is C48H34F3N3. The maximum Gasteiger partial charge on any atom is 0.416 e. The van der Waals surface area contributed by atoms with Crippen LogP contribution in [-0.4, -0.2) is 17.0 Å². The number of allylic oxidation sites excluding steroid dienone is 1. The Bertz CT molecular complexity index is 2660. The van der Waals surface area contributed by atoms with Gasteiger partial charge >= 0.3 is 6.18 Å². The van der Waals surface area contributed by atoms with E-state index in [9.17, 15) is 13.2 Å². The molecule has 54 heavy (non-hydrogen) atoms. The Morgan fingerprint density at radius 3 is 1.81 bits per heavy atom. The molecule has 0 bridgehead atoms. The normalized spacial score (nSPS) is 12.4. The smallest absolute Gasteiger partial charge is 0.309 e. The van der Waals surface area contributed by atoms with Crippen molar-refractivity contribution < 1.29 is 13.2 Å². The van der Waals surface area contributed by atoms with Crippen molar-refractivity contribution in [2.45, 2.75) is 12.7 Å². The van der Waals surface area contributed by atoms with Crippen LogP contribution in [0.25, 0.3) is 55.4 Å². The maximum atomic E-state index is 13.7. The van der Waals surface area contributed by atoms with Crippen molar-refractivity contribution in [1.82, 2.24) is 4.57 Å². The third-order valence-electron chi connectivity index (χ3n) is 9.58. The zero-order valence-electron chi connectivity index (χ0n) is 29.2. The molecule has 1 heterocycles. The van der Waals surface area contributed by atoms with Crippen molar-refractivity contribution in [1.29, 1.82) is 0 Å². The molecule has 0 aliphatic heterocycles. The van der Waals surface area contributed by atoms with Crippen LogP contribution in [0.15, 0.2) is 192 Å². The van der Waals surface area contributed by atoms with Crippen LogP contribution in [0, 0.1) is 0 Å². The third-order valence-corrected chi connectivity index (χ3v) is 9.58. The average molecular weight is 710 g/mol. The van der Waals surface area contributed by atoms with E-state index < -0.39 is 11.7 Å². The maximum absolute atomic E-state index is 13.7. The Balaban J connectivity index is 1.26. The van der Waals surface area contributed by atoms with E-state index in [4.69, 9.17) is 4.99 Å². The number of halogens is 3. The van der Waals surface area contributed by atoms with E-state index in [2.05, 4.69) is 66.3 Å². The molecule has 0 atom stereocenters. The van der Waals surface area contributed by atoms with E-state index >= 15 is 0 Å². The van der Waals surface area contributed by atoms with Crippen molar-refractivity contribution in [2.75, 3.05) is 0 Å². The molecule has 7 aromatic carbocycles. The SMILES string of the molecule is C=N/C(=C\C(=NCc1ccccc1)c1cc(-c2ccccc2)cc(-c2ccc(-n3c4ccccc4c4cc(C(F)(F)F)ccc43)cc2)c1)c1ccccc1. The number of hydrogen-bond acceptors (Lipinski definition) is 2. The lowest BCUT2D eigenvalue weighted by atomic mass is 9.93. The fraction of sp³-hybridized carbons (Fsp3) is 0.0417. The lowest BCUT2D eigenvalue weighted by Gasteiger charge is -2.14. The highest BCUT2D eigenvalue weighted by Gasteiger charge is 2.31. The Labute approximate surface area is 311 Å². The van der Waals surface area contributed by atoms with Gasteiger partial charge in [-0.15, -0.1) is 0 Å². The predicted octanol–water partition coefficient (Wildman–Crippen LogP) is 12.9. The number of hydrogen-bond donors (Lipinski definition) is 0. The molecule has 0 radical (unpaired) electrons. The zero-order chi connectivity index (χ0) is 37.1. The molecule has 3 nitrogen and oxygen atoms in total. The lowest BCUT2D eigenvalue weighted by Crippen LogP contribution is -2.04. The summed E-state index contributed by atoms with van der Waals surface area (Å²) in [5.74, 6) is 0. The fourth-order valence-electron chi connectivity index (χ4n) is 6.91. The first-order valence-electron chi connectivity index (χ1n) is 17.6. The van der Waals surface area contributed by atoms with Crippen molar-refractivity contribution >= 4 is 39.9 Å². The van der Waals surface area contributed by atoms with E-state index in [-0.39, 0.29) is 0 Å². The highest BCUT2D eigenvalue weighted by molar-refractivity contribution is 6.13. The number of aliphatic imine (C=N–C) groups is 2. The summed E-state index contributed by atoms with van der Waals surface area (Å²) in [7, 11) is 0. The first-order valence-corrected chi connectivity index (χ1v) is 17.6. The molecule has 8 aromatic rings. The molecule has 6 heteroatoms. The summed E-state index contributed by atoms with van der Waals surface area (Å²) in [6.45, 7) is 4.37. The van der Waals surface area contributed by atoms with Crippen LogP contribution in [-0.2, 0) is 12.7 Å². The van der Waals surface area contributed by atoms with Crippen LogP contribution >= 0.6 is 0 Å². The van der Waals surface area contributed by atoms with Gasteiger partial charge in [-0.2, -0.15) is 13.2 Å². The largest absolute Gasteiger partial charge is 0.416 e. The summed E-state index contributed by atoms with van der Waals surface area (Å²) >= 11 is 0. The molecule has 0 spiro atoms. The molecule has 0 saturated heterocycles. The van der Waals surface area contributed by atoms with Crippen molar-refractivity contribution in [3.63, 3.8) is 0 Å². The van der Waals surface area contributed by atoms with Gasteiger partial charge in [-0.05, 0) is 95.2 Å². The van der Waals surface area contributed by atoms with Crippen LogP contribution in [0.5, 0.6) is 0 Å². The Morgan fingerprint density at radius 2 is 1.15 bits per heavy atom. The number of fused-ring (bicyclic) bond motifs is 3. The van der Waals surface area contributed by atoms with Crippen molar-refractivity contribution in [2.24, 2.45) is 9.98 Å². The standard InChI is InChI=1S/C48H34F3N3/c1-52-44(36-17-9-4-10-18-36)31-45(53-32-33-13-5-2-6-14-33)39-28-37(34-15-7-3-8-16-34)27-38(29-39)35-21-24-41(25-22-35)54-46-20-12-11-19-42(46)43-30-40(48(49,50)51)23-26-47(43)54/h2-31H,1,32H2/b44-31-,53-45?. The first kappa shape index (κ1) is 34.3. The summed E-state index contributed by atoms with van der Waals surface area (Å²) in [5, 5.41) is 1.33. The molecule has 0 aliphatic carbocycles. The minimum Gasteiger partial charge on any atom is -0.309 e. The molecule has 1 aromatic heterocycles. The van der Waals surface area contributed by atoms with Gasteiger partial charge in [-0.1, -0.05) is 121 Å². The van der Waals surface area contributed by atoms with Crippen LogP contribution < -0.4 is 0 Å². The molecule has 0 N–H and O–H groups in total. The molecule has 8 rings (SSSR count). The van der Waals surface area contributed by atoms with E-state index in [1.807, 2.05) is 114 Å². The highest BCUT2D eigenvalue weighted by atomic mass is 19.4. The Kier molecular flexibility index (Phi) is 9.33. The van der Waals surface area contributed by atoms with Gasteiger partial charge in [-0.25, -0.2) is 0 Å². The molecule has 0 fully saturated rings. The molecule has 0 amide bonds. The van der Waals surface area contributed by atoms with Crippen LogP contribution in [0.4, 0.5) is 13.2 Å². The number of alkyl halides is 3.